The smallest absolute Gasteiger partial charge is 0.120 e. The zero-order valence-corrected chi connectivity index (χ0v) is 9.68. The van der Waals surface area contributed by atoms with Crippen LogP contribution in [-0.4, -0.2) is 12.2 Å². The Morgan fingerprint density at radius 2 is 1.88 bits per heavy atom. The molecule has 88 valence electrons. The summed E-state index contributed by atoms with van der Waals surface area (Å²) in [5, 5.41) is 9.70. The van der Waals surface area contributed by atoms with Gasteiger partial charge in [0.1, 0.15) is 11.5 Å². The van der Waals surface area contributed by atoms with Gasteiger partial charge in [0.25, 0.3) is 0 Å². The number of hydrogen-bond acceptors (Lipinski definition) is 3. The SMILES string of the molecule is COc1ccc(Cc2ccccc2O)c(N)c1. The van der Waals surface area contributed by atoms with Crippen LogP contribution in [0.25, 0.3) is 0 Å². The second-order valence-corrected chi connectivity index (χ2v) is 3.87. The Hall–Kier alpha value is -2.16. The minimum Gasteiger partial charge on any atom is -0.508 e. The van der Waals surface area contributed by atoms with Crippen molar-refractivity contribution in [2.45, 2.75) is 6.42 Å². The number of phenols is 1. The van der Waals surface area contributed by atoms with E-state index in [0.717, 1.165) is 16.9 Å². The second-order valence-electron chi connectivity index (χ2n) is 3.87. The third kappa shape index (κ3) is 2.50. The van der Waals surface area contributed by atoms with E-state index in [4.69, 9.17) is 10.5 Å². The number of para-hydroxylation sites is 1. The third-order valence-corrected chi connectivity index (χ3v) is 2.73. The fraction of sp³-hybridized carbons (Fsp3) is 0.143. The van der Waals surface area contributed by atoms with Crippen molar-refractivity contribution in [3.05, 3.63) is 53.6 Å². The molecular formula is C14H15NO2. The number of anilines is 1. The Morgan fingerprint density at radius 3 is 2.53 bits per heavy atom. The highest BCUT2D eigenvalue weighted by Crippen LogP contribution is 2.25. The summed E-state index contributed by atoms with van der Waals surface area (Å²) in [5.74, 6) is 1.03. The summed E-state index contributed by atoms with van der Waals surface area (Å²) >= 11 is 0. The minimum absolute atomic E-state index is 0.294. The molecule has 17 heavy (non-hydrogen) atoms. The molecule has 0 saturated carbocycles. The number of phenolic OH excluding ortho intramolecular Hbond substituents is 1. The lowest BCUT2D eigenvalue weighted by molar-refractivity contribution is 0.415. The zero-order chi connectivity index (χ0) is 12.3. The van der Waals surface area contributed by atoms with Crippen LogP contribution >= 0.6 is 0 Å². The predicted molar refractivity (Wildman–Crippen MR) is 68.3 cm³/mol. The molecule has 3 nitrogen and oxygen atoms in total. The van der Waals surface area contributed by atoms with Crippen molar-refractivity contribution in [2.75, 3.05) is 12.8 Å². The van der Waals surface area contributed by atoms with Gasteiger partial charge >= 0.3 is 0 Å². The zero-order valence-electron chi connectivity index (χ0n) is 9.68. The monoisotopic (exact) mass is 229 g/mol. The quantitative estimate of drug-likeness (QED) is 0.795. The molecule has 2 aromatic rings. The standard InChI is InChI=1S/C14H15NO2/c1-17-12-7-6-10(13(15)9-12)8-11-4-2-3-5-14(11)16/h2-7,9,16H,8,15H2,1H3. The number of benzene rings is 2. The number of nitrogen functional groups attached to an aromatic ring is 1. The molecule has 0 radical (unpaired) electrons. The van der Waals surface area contributed by atoms with Crippen LogP contribution in [-0.2, 0) is 6.42 Å². The largest absolute Gasteiger partial charge is 0.508 e. The van der Waals surface area contributed by atoms with E-state index in [9.17, 15) is 5.11 Å². The van der Waals surface area contributed by atoms with Gasteiger partial charge in [-0.15, -0.1) is 0 Å². The van der Waals surface area contributed by atoms with Gasteiger partial charge in [-0.25, -0.2) is 0 Å². The summed E-state index contributed by atoms with van der Waals surface area (Å²) in [7, 11) is 1.61. The molecule has 0 aliphatic heterocycles. The molecule has 0 saturated heterocycles. The molecule has 0 heterocycles. The first-order valence-electron chi connectivity index (χ1n) is 5.40. The molecule has 0 aliphatic rings. The molecule has 0 bridgehead atoms. The number of ether oxygens (including phenoxy) is 1. The average Bonchev–Trinajstić information content (AvgIpc) is 2.34. The molecule has 0 aromatic heterocycles. The van der Waals surface area contributed by atoms with E-state index in [1.54, 1.807) is 25.3 Å². The van der Waals surface area contributed by atoms with Gasteiger partial charge in [0.05, 0.1) is 7.11 Å². The number of methoxy groups -OCH3 is 1. The number of aromatic hydroxyl groups is 1. The summed E-state index contributed by atoms with van der Waals surface area (Å²) in [4.78, 5) is 0. The van der Waals surface area contributed by atoms with E-state index in [1.165, 1.54) is 0 Å². The molecule has 2 rings (SSSR count). The van der Waals surface area contributed by atoms with Crippen LogP contribution in [0.3, 0.4) is 0 Å². The van der Waals surface area contributed by atoms with Crippen LogP contribution in [0.1, 0.15) is 11.1 Å². The van der Waals surface area contributed by atoms with E-state index in [-0.39, 0.29) is 0 Å². The summed E-state index contributed by atoms with van der Waals surface area (Å²) in [5.41, 5.74) is 8.45. The van der Waals surface area contributed by atoms with E-state index in [2.05, 4.69) is 0 Å². The molecule has 0 aliphatic carbocycles. The Kier molecular flexibility index (Phi) is 3.19. The van der Waals surface area contributed by atoms with Crippen molar-refractivity contribution >= 4 is 5.69 Å². The maximum absolute atomic E-state index is 9.70. The molecule has 2 aromatic carbocycles. The highest BCUT2D eigenvalue weighted by molar-refractivity contribution is 5.53. The fourth-order valence-electron chi connectivity index (χ4n) is 1.73. The lowest BCUT2D eigenvalue weighted by atomic mass is 10.0. The normalized spacial score (nSPS) is 10.2. The molecule has 0 spiro atoms. The Balaban J connectivity index is 2.28. The van der Waals surface area contributed by atoms with Gasteiger partial charge in [-0.2, -0.15) is 0 Å². The number of nitrogens with two attached hydrogens (primary N) is 1. The maximum Gasteiger partial charge on any atom is 0.120 e. The Bertz CT molecular complexity index is 523. The topological polar surface area (TPSA) is 55.5 Å². The van der Waals surface area contributed by atoms with Gasteiger partial charge in [-0.3, -0.25) is 0 Å². The first-order valence-corrected chi connectivity index (χ1v) is 5.40. The second kappa shape index (κ2) is 4.78. The van der Waals surface area contributed by atoms with Crippen LogP contribution in [0.4, 0.5) is 5.69 Å². The van der Waals surface area contributed by atoms with Crippen LogP contribution in [0, 0.1) is 0 Å². The first-order chi connectivity index (χ1) is 8.20. The molecule has 0 fully saturated rings. The van der Waals surface area contributed by atoms with Crippen molar-refractivity contribution in [2.24, 2.45) is 0 Å². The van der Waals surface area contributed by atoms with Gasteiger partial charge in [0, 0.05) is 18.2 Å². The van der Waals surface area contributed by atoms with Crippen molar-refractivity contribution in [1.82, 2.24) is 0 Å². The van der Waals surface area contributed by atoms with Gasteiger partial charge in [-0.05, 0) is 23.3 Å². The van der Waals surface area contributed by atoms with Crippen molar-refractivity contribution < 1.29 is 9.84 Å². The third-order valence-electron chi connectivity index (χ3n) is 2.73. The van der Waals surface area contributed by atoms with Crippen LogP contribution in [0.2, 0.25) is 0 Å². The lowest BCUT2D eigenvalue weighted by Gasteiger charge is -2.09. The molecule has 0 atom stereocenters. The lowest BCUT2D eigenvalue weighted by Crippen LogP contribution is -1.97. The highest BCUT2D eigenvalue weighted by atomic mass is 16.5. The molecule has 3 N–H and O–H groups in total. The van der Waals surface area contributed by atoms with Gasteiger partial charge in [-0.1, -0.05) is 24.3 Å². The van der Waals surface area contributed by atoms with Crippen LogP contribution in [0.15, 0.2) is 42.5 Å². The summed E-state index contributed by atoms with van der Waals surface area (Å²) in [6, 6.07) is 12.8. The fourth-order valence-corrected chi connectivity index (χ4v) is 1.73. The molecule has 0 unspecified atom stereocenters. The number of rotatable bonds is 3. The Labute approximate surface area is 100 Å². The first kappa shape index (κ1) is 11.3. The van der Waals surface area contributed by atoms with E-state index in [1.807, 2.05) is 24.3 Å². The Morgan fingerprint density at radius 1 is 1.12 bits per heavy atom. The van der Waals surface area contributed by atoms with E-state index in [0.29, 0.717) is 17.9 Å². The summed E-state index contributed by atoms with van der Waals surface area (Å²) < 4.78 is 5.09. The van der Waals surface area contributed by atoms with Crippen LogP contribution < -0.4 is 10.5 Å². The van der Waals surface area contributed by atoms with E-state index >= 15 is 0 Å². The maximum atomic E-state index is 9.70. The highest BCUT2D eigenvalue weighted by Gasteiger charge is 2.05. The van der Waals surface area contributed by atoms with Crippen molar-refractivity contribution in [3.63, 3.8) is 0 Å². The molecular weight excluding hydrogens is 214 g/mol. The summed E-state index contributed by atoms with van der Waals surface area (Å²) in [6.45, 7) is 0. The van der Waals surface area contributed by atoms with Gasteiger partial charge in [0.2, 0.25) is 0 Å². The number of hydrogen-bond donors (Lipinski definition) is 2. The van der Waals surface area contributed by atoms with Gasteiger partial charge in [0.15, 0.2) is 0 Å². The molecule has 3 heteroatoms. The van der Waals surface area contributed by atoms with Crippen molar-refractivity contribution in [1.29, 1.82) is 0 Å². The van der Waals surface area contributed by atoms with Crippen molar-refractivity contribution in [3.8, 4) is 11.5 Å². The van der Waals surface area contributed by atoms with Crippen LogP contribution in [0.5, 0.6) is 11.5 Å². The van der Waals surface area contributed by atoms with E-state index < -0.39 is 0 Å². The van der Waals surface area contributed by atoms with Gasteiger partial charge < -0.3 is 15.6 Å². The molecule has 0 amide bonds. The minimum atomic E-state index is 0.294. The summed E-state index contributed by atoms with van der Waals surface area (Å²) in [6.07, 6.45) is 0.614. The average molecular weight is 229 g/mol. The predicted octanol–water partition coefficient (Wildman–Crippen LogP) is 2.57.